The van der Waals surface area contributed by atoms with Crippen LogP contribution < -0.4 is 10.6 Å². The number of carbonyl (C=O) groups excluding carboxylic acids is 1. The number of fused-ring (bicyclic) bond motifs is 1. The molecule has 29 heavy (non-hydrogen) atoms. The molecule has 0 unspecified atom stereocenters. The van der Waals surface area contributed by atoms with Crippen LogP contribution in [0.1, 0.15) is 17.0 Å². The normalized spacial score (nSPS) is 11.0. The minimum Gasteiger partial charge on any atom is -0.421 e. The second kappa shape index (κ2) is 7.79. The summed E-state index contributed by atoms with van der Waals surface area (Å²) in [4.78, 5) is 12.2. The monoisotopic (exact) mass is 389 g/mol. The van der Waals surface area contributed by atoms with Crippen LogP contribution >= 0.6 is 0 Å². The van der Waals surface area contributed by atoms with E-state index in [1.807, 2.05) is 31.3 Å². The smallest absolute Gasteiger partial charge is 0.319 e. The Hall–Kier alpha value is -3.61. The van der Waals surface area contributed by atoms with Crippen molar-refractivity contribution in [2.45, 2.75) is 20.3 Å². The van der Waals surface area contributed by atoms with Gasteiger partial charge in [-0.1, -0.05) is 11.6 Å². The van der Waals surface area contributed by atoms with Crippen LogP contribution in [0.3, 0.4) is 0 Å². The third kappa shape index (κ3) is 4.13. The lowest BCUT2D eigenvalue weighted by molar-refractivity contribution is 0.252. The van der Waals surface area contributed by atoms with Crippen molar-refractivity contribution in [1.29, 1.82) is 0 Å². The maximum Gasteiger partial charge on any atom is 0.319 e. The highest BCUT2D eigenvalue weighted by molar-refractivity contribution is 5.89. The maximum atomic E-state index is 12.2. The van der Waals surface area contributed by atoms with Crippen molar-refractivity contribution in [3.63, 3.8) is 0 Å². The van der Waals surface area contributed by atoms with Gasteiger partial charge in [-0.15, -0.1) is 10.2 Å². The van der Waals surface area contributed by atoms with E-state index < -0.39 is 0 Å². The Bertz CT molecular complexity index is 1160. The molecule has 2 amide bonds. The van der Waals surface area contributed by atoms with Gasteiger partial charge in [0.05, 0.1) is 0 Å². The molecule has 0 radical (unpaired) electrons. The van der Waals surface area contributed by atoms with Gasteiger partial charge < -0.3 is 19.6 Å². The van der Waals surface area contributed by atoms with Gasteiger partial charge in [0, 0.05) is 48.9 Å². The van der Waals surface area contributed by atoms with Gasteiger partial charge in [0.1, 0.15) is 0 Å². The summed E-state index contributed by atoms with van der Waals surface area (Å²) in [7, 11) is 2.04. The standard InChI is InChI=1S/C22H23N5O2/c1-14-4-9-20-19(12-14)17(13-27(20)3)10-11-23-22(28)24-18-7-5-16(6-8-18)21-26-25-15(2)29-21/h4-9,12-13H,10-11H2,1-3H3,(H2,23,24,28). The molecule has 0 bridgehead atoms. The second-order valence-electron chi connectivity index (χ2n) is 7.12. The number of anilines is 1. The van der Waals surface area contributed by atoms with Crippen molar-refractivity contribution in [2.75, 3.05) is 11.9 Å². The van der Waals surface area contributed by atoms with Crippen molar-refractivity contribution in [1.82, 2.24) is 20.1 Å². The first-order chi connectivity index (χ1) is 14.0. The van der Waals surface area contributed by atoms with E-state index in [1.54, 1.807) is 6.92 Å². The lowest BCUT2D eigenvalue weighted by Gasteiger charge is -2.08. The van der Waals surface area contributed by atoms with E-state index in [-0.39, 0.29) is 6.03 Å². The third-order valence-corrected chi connectivity index (χ3v) is 4.82. The Balaban J connectivity index is 1.33. The Kier molecular flexibility index (Phi) is 5.03. The molecule has 4 aromatic rings. The average molecular weight is 389 g/mol. The van der Waals surface area contributed by atoms with Gasteiger partial charge in [-0.2, -0.15) is 0 Å². The number of nitrogens with zero attached hydrogens (tertiary/aromatic N) is 3. The van der Waals surface area contributed by atoms with Crippen LogP contribution in [0.25, 0.3) is 22.4 Å². The molecule has 0 atom stereocenters. The summed E-state index contributed by atoms with van der Waals surface area (Å²) in [6.07, 6.45) is 2.89. The van der Waals surface area contributed by atoms with Gasteiger partial charge in [0.15, 0.2) is 0 Å². The van der Waals surface area contributed by atoms with Crippen LogP contribution in [0.2, 0.25) is 0 Å². The highest BCUT2D eigenvalue weighted by atomic mass is 16.4. The highest BCUT2D eigenvalue weighted by Gasteiger charge is 2.09. The van der Waals surface area contributed by atoms with Gasteiger partial charge in [-0.25, -0.2) is 4.79 Å². The number of urea groups is 1. The fraction of sp³-hybridized carbons (Fsp3) is 0.227. The van der Waals surface area contributed by atoms with Crippen molar-refractivity contribution in [3.05, 3.63) is 65.7 Å². The summed E-state index contributed by atoms with van der Waals surface area (Å²) in [6, 6.07) is 13.5. The molecule has 2 N–H and O–H groups in total. The summed E-state index contributed by atoms with van der Waals surface area (Å²) in [5, 5.41) is 14.8. The van der Waals surface area contributed by atoms with Gasteiger partial charge in [-0.3, -0.25) is 0 Å². The van der Waals surface area contributed by atoms with Crippen LogP contribution in [0, 0.1) is 13.8 Å². The molecule has 7 heteroatoms. The summed E-state index contributed by atoms with van der Waals surface area (Å²) in [5.74, 6) is 0.978. The molecule has 0 aliphatic carbocycles. The first kappa shape index (κ1) is 18.7. The van der Waals surface area contributed by atoms with Gasteiger partial charge in [-0.05, 0) is 55.3 Å². The molecule has 0 aliphatic heterocycles. The highest BCUT2D eigenvalue weighted by Crippen LogP contribution is 2.22. The molecule has 2 heterocycles. The molecule has 0 saturated carbocycles. The number of aromatic nitrogens is 3. The minimum absolute atomic E-state index is 0.234. The molecule has 0 fully saturated rings. The zero-order valence-corrected chi connectivity index (χ0v) is 16.7. The number of rotatable bonds is 5. The number of benzene rings is 2. The predicted octanol–water partition coefficient (Wildman–Crippen LogP) is 4.21. The van der Waals surface area contributed by atoms with Crippen molar-refractivity contribution < 1.29 is 9.21 Å². The largest absolute Gasteiger partial charge is 0.421 e. The van der Waals surface area contributed by atoms with Crippen LogP contribution in [0.15, 0.2) is 53.1 Å². The molecule has 0 saturated heterocycles. The van der Waals surface area contributed by atoms with E-state index >= 15 is 0 Å². The van der Waals surface area contributed by atoms with Crippen molar-refractivity contribution in [3.8, 4) is 11.5 Å². The third-order valence-electron chi connectivity index (χ3n) is 4.82. The number of nitrogens with one attached hydrogen (secondary N) is 2. The molecular formula is C22H23N5O2. The van der Waals surface area contributed by atoms with Gasteiger partial charge >= 0.3 is 6.03 Å². The lowest BCUT2D eigenvalue weighted by Crippen LogP contribution is -2.30. The van der Waals surface area contributed by atoms with Crippen LogP contribution in [-0.4, -0.2) is 27.3 Å². The van der Waals surface area contributed by atoms with Crippen LogP contribution in [0.5, 0.6) is 0 Å². The number of aryl methyl sites for hydroxylation is 3. The van der Waals surface area contributed by atoms with Gasteiger partial charge in [0.25, 0.3) is 0 Å². The topological polar surface area (TPSA) is 85.0 Å². The predicted molar refractivity (Wildman–Crippen MR) is 113 cm³/mol. The van der Waals surface area contributed by atoms with Crippen LogP contribution in [0.4, 0.5) is 10.5 Å². The Morgan fingerprint density at radius 3 is 2.62 bits per heavy atom. The van der Waals surface area contributed by atoms with Crippen molar-refractivity contribution >= 4 is 22.6 Å². The number of hydrogen-bond donors (Lipinski definition) is 2. The van der Waals surface area contributed by atoms with Gasteiger partial charge in [0.2, 0.25) is 11.8 Å². The summed E-state index contributed by atoms with van der Waals surface area (Å²) < 4.78 is 7.52. The van der Waals surface area contributed by atoms with E-state index in [1.165, 1.54) is 22.0 Å². The summed E-state index contributed by atoms with van der Waals surface area (Å²) in [5.41, 5.74) is 5.16. The van der Waals surface area contributed by atoms with E-state index in [4.69, 9.17) is 4.42 Å². The zero-order valence-electron chi connectivity index (χ0n) is 16.7. The SMILES string of the molecule is Cc1ccc2c(c1)c(CCNC(=O)Nc1ccc(-c3nnc(C)o3)cc1)cn2C. The molecule has 2 aromatic carbocycles. The Morgan fingerprint density at radius 1 is 1.10 bits per heavy atom. The van der Waals surface area contributed by atoms with Crippen LogP contribution in [-0.2, 0) is 13.5 Å². The molecule has 148 valence electrons. The first-order valence-corrected chi connectivity index (χ1v) is 9.49. The second-order valence-corrected chi connectivity index (χ2v) is 7.12. The summed E-state index contributed by atoms with van der Waals surface area (Å²) in [6.45, 7) is 4.39. The number of carbonyl (C=O) groups is 1. The van der Waals surface area contributed by atoms with E-state index in [0.717, 1.165) is 12.0 Å². The lowest BCUT2D eigenvalue weighted by atomic mass is 10.1. The number of amides is 2. The molecule has 0 aliphatic rings. The maximum absolute atomic E-state index is 12.2. The fourth-order valence-corrected chi connectivity index (χ4v) is 3.38. The van der Waals surface area contributed by atoms with Crippen molar-refractivity contribution in [2.24, 2.45) is 7.05 Å². The Labute approximate surface area is 168 Å². The van der Waals surface area contributed by atoms with E-state index in [0.29, 0.717) is 24.0 Å². The molecule has 0 spiro atoms. The number of hydrogen-bond acceptors (Lipinski definition) is 4. The summed E-state index contributed by atoms with van der Waals surface area (Å²) >= 11 is 0. The first-order valence-electron chi connectivity index (χ1n) is 9.49. The van der Waals surface area contributed by atoms with E-state index in [9.17, 15) is 4.79 Å². The molecule has 7 nitrogen and oxygen atoms in total. The molecular weight excluding hydrogens is 366 g/mol. The zero-order chi connectivity index (χ0) is 20.4. The Morgan fingerprint density at radius 2 is 1.90 bits per heavy atom. The minimum atomic E-state index is -0.234. The molecule has 4 rings (SSSR count). The average Bonchev–Trinajstić information content (AvgIpc) is 3.26. The van der Waals surface area contributed by atoms with E-state index in [2.05, 4.69) is 56.7 Å². The quantitative estimate of drug-likeness (QED) is 0.535. The fourth-order valence-electron chi connectivity index (χ4n) is 3.38. The molecule has 2 aromatic heterocycles.